The summed E-state index contributed by atoms with van der Waals surface area (Å²) in [6.45, 7) is 12.8. The average molecular weight is 705 g/mol. The number of para-hydroxylation sites is 2. The van der Waals surface area contributed by atoms with E-state index in [1.807, 2.05) is 36.5 Å². The third-order valence-electron chi connectivity index (χ3n) is 9.99. The minimum Gasteiger partial charge on any atom is -0.505 e. The Balaban J connectivity index is 1.40. The summed E-state index contributed by atoms with van der Waals surface area (Å²) in [7, 11) is 0. The molecule has 0 bridgehead atoms. The van der Waals surface area contributed by atoms with E-state index >= 15 is 0 Å². The molecule has 0 amide bonds. The molecule has 0 aliphatic carbocycles. The van der Waals surface area contributed by atoms with Crippen LogP contribution in [0.4, 0.5) is 0 Å². The van der Waals surface area contributed by atoms with Crippen molar-refractivity contribution in [3.05, 3.63) is 163 Å². The maximum absolute atomic E-state index is 12.1. The van der Waals surface area contributed by atoms with Gasteiger partial charge in [-0.05, 0) is 87.8 Å². The Kier molecular flexibility index (Phi) is 8.74. The fourth-order valence-electron chi connectivity index (χ4n) is 7.11. The van der Waals surface area contributed by atoms with Gasteiger partial charge in [0.05, 0.1) is 16.7 Å². The van der Waals surface area contributed by atoms with Gasteiger partial charge in [-0.1, -0.05) is 133 Å². The lowest BCUT2D eigenvalue weighted by Gasteiger charge is -2.26. The van der Waals surface area contributed by atoms with Crippen LogP contribution in [0.1, 0.15) is 52.8 Å². The van der Waals surface area contributed by atoms with E-state index in [1.165, 1.54) is 0 Å². The van der Waals surface area contributed by atoms with E-state index in [-0.39, 0.29) is 16.6 Å². The maximum atomic E-state index is 12.1. The second-order valence-corrected chi connectivity index (χ2v) is 16.0. The lowest BCUT2D eigenvalue weighted by molar-refractivity contribution is 0.441. The molecule has 3 aromatic heterocycles. The zero-order valence-corrected chi connectivity index (χ0v) is 31.7. The van der Waals surface area contributed by atoms with Crippen molar-refractivity contribution in [2.24, 2.45) is 0 Å². The highest BCUT2D eigenvalue weighted by Crippen LogP contribution is 2.43. The number of hydrogen-bond donors (Lipinski definition) is 1. The van der Waals surface area contributed by atoms with Crippen LogP contribution in [-0.4, -0.2) is 24.6 Å². The molecule has 0 aliphatic heterocycles. The van der Waals surface area contributed by atoms with Gasteiger partial charge in [-0.2, -0.15) is 0 Å². The minimum absolute atomic E-state index is 0.155. The molecule has 0 atom stereocenters. The van der Waals surface area contributed by atoms with Crippen molar-refractivity contribution in [1.29, 1.82) is 0 Å². The highest BCUT2D eigenvalue weighted by molar-refractivity contribution is 5.97. The van der Waals surface area contributed by atoms with Gasteiger partial charge in [0, 0.05) is 39.7 Å². The molecule has 5 nitrogen and oxygen atoms in total. The molecule has 54 heavy (non-hydrogen) atoms. The van der Waals surface area contributed by atoms with Crippen molar-refractivity contribution in [3.8, 4) is 67.6 Å². The van der Waals surface area contributed by atoms with Gasteiger partial charge in [-0.3, -0.25) is 9.55 Å². The maximum Gasteiger partial charge on any atom is 0.168 e. The van der Waals surface area contributed by atoms with Crippen molar-refractivity contribution < 1.29 is 5.11 Å². The van der Waals surface area contributed by atoms with E-state index in [1.54, 1.807) is 0 Å². The van der Waals surface area contributed by atoms with Crippen LogP contribution in [0, 0.1) is 0 Å². The van der Waals surface area contributed by atoms with Gasteiger partial charge in [0.15, 0.2) is 5.82 Å². The Bertz CT molecular complexity index is 2610. The first kappa shape index (κ1) is 34.7. The minimum atomic E-state index is -0.323. The Morgan fingerprint density at radius 3 is 1.78 bits per heavy atom. The molecule has 0 radical (unpaired) electrons. The number of pyridine rings is 2. The van der Waals surface area contributed by atoms with Crippen molar-refractivity contribution in [1.82, 2.24) is 19.5 Å². The molecule has 5 heteroatoms. The molecule has 8 aromatic rings. The van der Waals surface area contributed by atoms with E-state index in [0.717, 1.165) is 72.6 Å². The molecular formula is C49H44N4O. The van der Waals surface area contributed by atoms with Gasteiger partial charge in [0.25, 0.3) is 0 Å². The fraction of sp³-hybridized carbons (Fsp3) is 0.163. The normalized spacial score (nSPS) is 12.0. The van der Waals surface area contributed by atoms with Crippen LogP contribution >= 0.6 is 0 Å². The van der Waals surface area contributed by atoms with Crippen LogP contribution in [0.25, 0.3) is 72.9 Å². The highest BCUT2D eigenvalue weighted by Gasteiger charge is 2.30. The summed E-state index contributed by atoms with van der Waals surface area (Å²) in [5.41, 5.74) is 12.7. The highest BCUT2D eigenvalue weighted by atomic mass is 16.3. The predicted octanol–water partition coefficient (Wildman–Crippen LogP) is 12.5. The Hall–Kier alpha value is -6.33. The van der Waals surface area contributed by atoms with Gasteiger partial charge in [-0.25, -0.2) is 9.97 Å². The van der Waals surface area contributed by atoms with Gasteiger partial charge in [0.2, 0.25) is 0 Å². The second kappa shape index (κ2) is 13.6. The van der Waals surface area contributed by atoms with Crippen LogP contribution in [0.3, 0.4) is 0 Å². The van der Waals surface area contributed by atoms with E-state index in [2.05, 4.69) is 161 Å². The fourth-order valence-corrected chi connectivity index (χ4v) is 7.11. The molecule has 3 heterocycles. The van der Waals surface area contributed by atoms with Crippen LogP contribution in [0.5, 0.6) is 5.75 Å². The number of nitrogens with zero attached hydrogens (tertiary/aromatic N) is 4. The van der Waals surface area contributed by atoms with Crippen LogP contribution in [0.2, 0.25) is 0 Å². The molecule has 0 aliphatic rings. The summed E-state index contributed by atoms with van der Waals surface area (Å²) in [4.78, 5) is 15.5. The summed E-state index contributed by atoms with van der Waals surface area (Å²) < 4.78 is 2.13. The largest absolute Gasteiger partial charge is 0.505 e. The Morgan fingerprint density at radius 2 is 1.13 bits per heavy atom. The SMILES string of the molecule is CC(C)(C)c1cc(C(C)(C)C)c(O)c(-c2nc3c(-c4cc(-c5ccccc5)cc(-c5cc(-c6ccccc6)ccn5)c4)cccc3n2-c2ccccc2)n1. The number of fused-ring (bicyclic) bond motifs is 1. The zero-order chi connectivity index (χ0) is 37.6. The number of benzene rings is 5. The van der Waals surface area contributed by atoms with Crippen molar-refractivity contribution in [3.63, 3.8) is 0 Å². The van der Waals surface area contributed by atoms with E-state index in [4.69, 9.17) is 15.0 Å². The molecular weight excluding hydrogens is 661 g/mol. The van der Waals surface area contributed by atoms with Crippen LogP contribution in [0.15, 0.2) is 152 Å². The molecule has 0 spiro atoms. The summed E-state index contributed by atoms with van der Waals surface area (Å²) in [5, 5.41) is 12.1. The summed E-state index contributed by atoms with van der Waals surface area (Å²) in [6.07, 6.45) is 1.89. The Labute approximate surface area is 317 Å². The molecule has 0 saturated heterocycles. The van der Waals surface area contributed by atoms with Gasteiger partial charge in [0.1, 0.15) is 11.4 Å². The van der Waals surface area contributed by atoms with Gasteiger partial charge in [-0.15, -0.1) is 0 Å². The molecule has 0 unspecified atom stereocenters. The number of aromatic nitrogens is 4. The van der Waals surface area contributed by atoms with E-state index in [9.17, 15) is 5.11 Å². The lowest BCUT2D eigenvalue weighted by Crippen LogP contribution is -2.19. The number of aromatic hydroxyl groups is 1. The molecule has 266 valence electrons. The standard InChI is InChI=1S/C49H44N4O/c1-48(2,3)40-31-43(49(4,5)6)51-45(46(40)54)47-52-44-39(23-16-24-42(44)53(47)38-21-14-9-15-22-38)36-27-35(33-19-12-8-13-20-33)28-37(29-36)41-30-34(25-26-50-41)32-17-10-7-11-18-32/h7-31,54H,1-6H3. The molecule has 1 N–H and O–H groups in total. The first-order valence-corrected chi connectivity index (χ1v) is 18.5. The second-order valence-electron chi connectivity index (χ2n) is 16.0. The van der Waals surface area contributed by atoms with Crippen LogP contribution < -0.4 is 0 Å². The third-order valence-corrected chi connectivity index (χ3v) is 9.99. The first-order chi connectivity index (χ1) is 26.0. The number of rotatable bonds is 6. The number of hydrogen-bond acceptors (Lipinski definition) is 4. The summed E-state index contributed by atoms with van der Waals surface area (Å²) in [5.74, 6) is 0.747. The molecule has 0 fully saturated rings. The van der Waals surface area contributed by atoms with Crippen molar-refractivity contribution >= 4 is 11.0 Å². The van der Waals surface area contributed by atoms with E-state index < -0.39 is 0 Å². The topological polar surface area (TPSA) is 63.8 Å². The predicted molar refractivity (Wildman–Crippen MR) is 223 cm³/mol. The Morgan fingerprint density at radius 1 is 0.519 bits per heavy atom. The quantitative estimate of drug-likeness (QED) is 0.187. The zero-order valence-electron chi connectivity index (χ0n) is 31.7. The van der Waals surface area contributed by atoms with Crippen LogP contribution in [-0.2, 0) is 10.8 Å². The van der Waals surface area contributed by atoms with Crippen molar-refractivity contribution in [2.45, 2.75) is 52.4 Å². The molecule has 8 rings (SSSR count). The summed E-state index contributed by atoms with van der Waals surface area (Å²) >= 11 is 0. The molecule has 5 aromatic carbocycles. The van der Waals surface area contributed by atoms with E-state index in [0.29, 0.717) is 11.5 Å². The monoisotopic (exact) mass is 704 g/mol. The first-order valence-electron chi connectivity index (χ1n) is 18.5. The van der Waals surface area contributed by atoms with Crippen molar-refractivity contribution in [2.75, 3.05) is 0 Å². The lowest BCUT2D eigenvalue weighted by atomic mass is 9.82. The number of imidazole rings is 1. The smallest absolute Gasteiger partial charge is 0.168 e. The average Bonchev–Trinajstić information content (AvgIpc) is 3.57. The van der Waals surface area contributed by atoms with Gasteiger partial charge < -0.3 is 5.11 Å². The molecule has 0 saturated carbocycles. The summed E-state index contributed by atoms with van der Waals surface area (Å²) in [6, 6.07) is 50.4. The third kappa shape index (κ3) is 6.58. The van der Waals surface area contributed by atoms with Gasteiger partial charge >= 0.3 is 0 Å².